The summed E-state index contributed by atoms with van der Waals surface area (Å²) in [7, 11) is 0. The van der Waals surface area contributed by atoms with E-state index in [0.717, 1.165) is 55.1 Å². The average molecular weight is 582 g/mol. The molecule has 10 heteroatoms. The van der Waals surface area contributed by atoms with Crippen molar-refractivity contribution in [1.29, 1.82) is 0 Å². The Bertz CT molecular complexity index is 1570. The van der Waals surface area contributed by atoms with Gasteiger partial charge in [0.2, 0.25) is 0 Å². The van der Waals surface area contributed by atoms with E-state index in [9.17, 15) is 14.4 Å². The number of benzene rings is 3. The van der Waals surface area contributed by atoms with Gasteiger partial charge in [-0.3, -0.25) is 24.6 Å². The number of thiazole rings is 1. The fraction of sp³-hybridized carbons (Fsp3) is 0.250. The molecule has 0 aliphatic carbocycles. The molecule has 3 aromatic carbocycles. The number of nitrogens with zero attached hydrogens (tertiary/aromatic N) is 3. The van der Waals surface area contributed by atoms with Crippen LogP contribution in [0.1, 0.15) is 37.9 Å². The van der Waals surface area contributed by atoms with Gasteiger partial charge in [-0.1, -0.05) is 54.6 Å². The number of anilines is 1. The van der Waals surface area contributed by atoms with Gasteiger partial charge in [0.15, 0.2) is 5.13 Å². The molecule has 9 nitrogen and oxygen atoms in total. The van der Waals surface area contributed by atoms with Crippen LogP contribution in [0.3, 0.4) is 0 Å². The number of aromatic nitrogens is 1. The lowest BCUT2D eigenvalue weighted by Gasteiger charge is -2.27. The topological polar surface area (TPSA) is 104 Å². The normalized spacial score (nSPS) is 15.7. The Kier molecular flexibility index (Phi) is 8.36. The molecule has 1 fully saturated rings. The third-order valence-electron chi connectivity index (χ3n) is 7.55. The summed E-state index contributed by atoms with van der Waals surface area (Å²) in [5.41, 5.74) is 4.35. The molecular formula is C32H31N5O4S. The zero-order chi connectivity index (χ0) is 28.9. The number of morpholine rings is 1. The van der Waals surface area contributed by atoms with E-state index >= 15 is 0 Å². The molecule has 2 aliphatic rings. The van der Waals surface area contributed by atoms with Crippen LogP contribution in [0.5, 0.6) is 0 Å². The number of hydrogen-bond acceptors (Lipinski definition) is 7. The number of carbonyl (C=O) groups excluding carboxylic acids is 3. The fourth-order valence-electron chi connectivity index (χ4n) is 5.37. The van der Waals surface area contributed by atoms with Gasteiger partial charge in [0.25, 0.3) is 17.7 Å². The van der Waals surface area contributed by atoms with Crippen molar-refractivity contribution in [3.8, 4) is 11.1 Å². The van der Waals surface area contributed by atoms with E-state index in [-0.39, 0.29) is 17.7 Å². The molecule has 4 aromatic rings. The Labute approximate surface area is 248 Å². The number of ether oxygens (including phenoxy) is 1. The SMILES string of the molecule is O=C(NCCN1CCOCC1)c1cccc(-c2ccc3c(c2)C(=O)N(C(C(=O)Nc2nccs2)c2ccccc2)C3)c1. The highest BCUT2D eigenvalue weighted by Crippen LogP contribution is 2.35. The van der Waals surface area contributed by atoms with Crippen LogP contribution < -0.4 is 10.6 Å². The molecule has 0 bridgehead atoms. The van der Waals surface area contributed by atoms with Crippen LogP contribution in [0.25, 0.3) is 11.1 Å². The van der Waals surface area contributed by atoms with Crippen molar-refractivity contribution in [1.82, 2.24) is 20.1 Å². The summed E-state index contributed by atoms with van der Waals surface area (Å²) in [6, 6.07) is 21.6. The average Bonchev–Trinajstić information content (AvgIpc) is 3.66. The molecule has 1 atom stereocenters. The van der Waals surface area contributed by atoms with Gasteiger partial charge in [0, 0.05) is 55.4 Å². The number of fused-ring (bicyclic) bond motifs is 1. The zero-order valence-electron chi connectivity index (χ0n) is 23.0. The highest BCUT2D eigenvalue weighted by atomic mass is 32.1. The molecule has 0 spiro atoms. The Hall–Kier alpha value is -4.38. The molecule has 1 saturated heterocycles. The summed E-state index contributed by atoms with van der Waals surface area (Å²) in [5, 5.41) is 8.14. The quantitative estimate of drug-likeness (QED) is 0.307. The molecular weight excluding hydrogens is 550 g/mol. The summed E-state index contributed by atoms with van der Waals surface area (Å²) in [6.45, 7) is 4.86. The standard InChI is InChI=1S/C32H31N5O4S/c38-29(33-11-13-36-14-16-41-17-15-36)25-8-4-7-23(19-25)24-9-10-26-21-37(31(40)27(26)20-24)28(22-5-2-1-3-6-22)30(39)35-32-34-12-18-42-32/h1-10,12,18-20,28H,11,13-17,21H2,(H,33,38)(H,34,35,39). The van der Waals surface area contributed by atoms with Gasteiger partial charge in [-0.15, -0.1) is 11.3 Å². The first-order valence-electron chi connectivity index (χ1n) is 13.9. The maximum Gasteiger partial charge on any atom is 0.255 e. The lowest BCUT2D eigenvalue weighted by molar-refractivity contribution is -0.120. The largest absolute Gasteiger partial charge is 0.379 e. The first-order valence-corrected chi connectivity index (χ1v) is 14.8. The van der Waals surface area contributed by atoms with Crippen molar-refractivity contribution in [3.63, 3.8) is 0 Å². The van der Waals surface area contributed by atoms with Crippen molar-refractivity contribution in [2.24, 2.45) is 0 Å². The van der Waals surface area contributed by atoms with Gasteiger partial charge in [0.05, 0.1) is 13.2 Å². The van der Waals surface area contributed by atoms with Crippen molar-refractivity contribution in [2.45, 2.75) is 12.6 Å². The minimum Gasteiger partial charge on any atom is -0.379 e. The maximum atomic E-state index is 13.8. The predicted octanol–water partition coefficient (Wildman–Crippen LogP) is 4.21. The molecule has 0 saturated carbocycles. The molecule has 0 radical (unpaired) electrons. The van der Waals surface area contributed by atoms with Crippen LogP contribution in [0, 0.1) is 0 Å². The lowest BCUT2D eigenvalue weighted by Crippen LogP contribution is -2.41. The van der Waals surface area contributed by atoms with Gasteiger partial charge in [0.1, 0.15) is 6.04 Å². The molecule has 3 amide bonds. The van der Waals surface area contributed by atoms with Crippen LogP contribution in [0.15, 0.2) is 84.4 Å². The van der Waals surface area contributed by atoms with Gasteiger partial charge in [-0.25, -0.2) is 4.98 Å². The van der Waals surface area contributed by atoms with Crippen molar-refractivity contribution in [3.05, 3.63) is 107 Å². The second-order valence-electron chi connectivity index (χ2n) is 10.2. The van der Waals surface area contributed by atoms with Gasteiger partial charge < -0.3 is 15.0 Å². The zero-order valence-corrected chi connectivity index (χ0v) is 23.8. The van der Waals surface area contributed by atoms with Crippen LogP contribution in [0.4, 0.5) is 5.13 Å². The first kappa shape index (κ1) is 27.8. The van der Waals surface area contributed by atoms with E-state index in [4.69, 9.17) is 4.74 Å². The summed E-state index contributed by atoms with van der Waals surface area (Å²) in [5.74, 6) is -0.665. The van der Waals surface area contributed by atoms with Crippen molar-refractivity contribution in [2.75, 3.05) is 44.7 Å². The van der Waals surface area contributed by atoms with Crippen LogP contribution in [-0.2, 0) is 16.1 Å². The first-order chi connectivity index (χ1) is 20.6. The Morgan fingerprint density at radius 1 is 0.976 bits per heavy atom. The molecule has 214 valence electrons. The summed E-state index contributed by atoms with van der Waals surface area (Å²) in [4.78, 5) is 48.2. The van der Waals surface area contributed by atoms with Gasteiger partial charge in [-0.05, 0) is 40.5 Å². The number of rotatable bonds is 9. The number of nitrogens with one attached hydrogen (secondary N) is 2. The van der Waals surface area contributed by atoms with Crippen molar-refractivity contribution >= 4 is 34.2 Å². The summed E-state index contributed by atoms with van der Waals surface area (Å²) < 4.78 is 5.38. The molecule has 1 aromatic heterocycles. The molecule has 6 rings (SSSR count). The third kappa shape index (κ3) is 6.11. The second kappa shape index (κ2) is 12.6. The number of amides is 3. The van der Waals surface area contributed by atoms with Crippen LogP contribution in [0.2, 0.25) is 0 Å². The van der Waals surface area contributed by atoms with E-state index in [1.165, 1.54) is 11.3 Å². The molecule has 3 heterocycles. The second-order valence-corrected chi connectivity index (χ2v) is 11.1. The summed E-state index contributed by atoms with van der Waals surface area (Å²) in [6.07, 6.45) is 1.63. The van der Waals surface area contributed by atoms with Crippen LogP contribution >= 0.6 is 11.3 Å². The Morgan fingerprint density at radius 3 is 2.57 bits per heavy atom. The third-order valence-corrected chi connectivity index (χ3v) is 8.24. The smallest absolute Gasteiger partial charge is 0.255 e. The van der Waals surface area contributed by atoms with E-state index in [2.05, 4.69) is 20.5 Å². The van der Waals surface area contributed by atoms with Gasteiger partial charge >= 0.3 is 0 Å². The molecule has 1 unspecified atom stereocenters. The maximum absolute atomic E-state index is 13.8. The Morgan fingerprint density at radius 2 is 1.79 bits per heavy atom. The Balaban J connectivity index is 1.19. The number of carbonyl (C=O) groups is 3. The molecule has 2 N–H and O–H groups in total. The van der Waals surface area contributed by atoms with E-state index in [1.807, 2.05) is 66.7 Å². The monoisotopic (exact) mass is 581 g/mol. The van der Waals surface area contributed by atoms with E-state index in [0.29, 0.717) is 29.3 Å². The lowest BCUT2D eigenvalue weighted by atomic mass is 9.99. The highest BCUT2D eigenvalue weighted by Gasteiger charge is 2.37. The minimum absolute atomic E-state index is 0.134. The molecule has 42 heavy (non-hydrogen) atoms. The number of hydrogen-bond donors (Lipinski definition) is 2. The highest BCUT2D eigenvalue weighted by molar-refractivity contribution is 7.13. The van der Waals surface area contributed by atoms with Crippen molar-refractivity contribution < 1.29 is 19.1 Å². The minimum atomic E-state index is -0.817. The fourth-order valence-corrected chi connectivity index (χ4v) is 5.90. The van der Waals surface area contributed by atoms with E-state index < -0.39 is 6.04 Å². The van der Waals surface area contributed by atoms with E-state index in [1.54, 1.807) is 22.5 Å². The van der Waals surface area contributed by atoms with Gasteiger partial charge in [-0.2, -0.15) is 0 Å². The molecule has 2 aliphatic heterocycles. The predicted molar refractivity (Wildman–Crippen MR) is 161 cm³/mol. The summed E-state index contributed by atoms with van der Waals surface area (Å²) >= 11 is 1.33. The van der Waals surface area contributed by atoms with Crippen LogP contribution in [-0.4, -0.2) is 71.9 Å².